The van der Waals surface area contributed by atoms with E-state index < -0.39 is 6.10 Å². The number of hydrogen-bond donors (Lipinski definition) is 1. The van der Waals surface area contributed by atoms with Gasteiger partial charge in [0.25, 0.3) is 0 Å². The summed E-state index contributed by atoms with van der Waals surface area (Å²) in [7, 11) is 0. The van der Waals surface area contributed by atoms with Crippen molar-refractivity contribution in [3.63, 3.8) is 0 Å². The van der Waals surface area contributed by atoms with Crippen molar-refractivity contribution in [3.8, 4) is 0 Å². The molecule has 0 spiro atoms. The van der Waals surface area contributed by atoms with Gasteiger partial charge in [0, 0.05) is 3.57 Å². The van der Waals surface area contributed by atoms with Gasteiger partial charge < -0.3 is 5.11 Å². The molecule has 17 heavy (non-hydrogen) atoms. The molecule has 0 radical (unpaired) electrons. The summed E-state index contributed by atoms with van der Waals surface area (Å²) in [4.78, 5) is 0. The second-order valence-electron chi connectivity index (χ2n) is 3.95. The van der Waals surface area contributed by atoms with Gasteiger partial charge in [-0.3, -0.25) is 0 Å². The number of rotatable bonds is 2. The fraction of sp³-hybridized carbons (Fsp3) is 0.143. The maximum atomic E-state index is 13.0. The van der Waals surface area contributed by atoms with Gasteiger partial charge in [0.2, 0.25) is 0 Å². The third-order valence-corrected chi connectivity index (χ3v) is 3.43. The minimum atomic E-state index is -0.701. The van der Waals surface area contributed by atoms with E-state index in [0.29, 0.717) is 0 Å². The predicted octanol–water partition coefficient (Wildman–Crippen LogP) is 3.82. The lowest BCUT2D eigenvalue weighted by Crippen LogP contribution is -2.02. The van der Waals surface area contributed by atoms with E-state index in [1.165, 1.54) is 12.1 Å². The first-order valence-electron chi connectivity index (χ1n) is 5.27. The maximum Gasteiger partial charge on any atom is 0.123 e. The quantitative estimate of drug-likeness (QED) is 0.823. The van der Waals surface area contributed by atoms with Crippen LogP contribution in [0.5, 0.6) is 0 Å². The summed E-state index contributed by atoms with van der Waals surface area (Å²) < 4.78 is 14.1. The molecule has 0 aromatic heterocycles. The van der Waals surface area contributed by atoms with E-state index in [9.17, 15) is 9.50 Å². The van der Waals surface area contributed by atoms with Crippen LogP contribution in [0.15, 0.2) is 42.5 Å². The second-order valence-corrected chi connectivity index (χ2v) is 5.20. The smallest absolute Gasteiger partial charge is 0.123 e. The minimum absolute atomic E-state index is 0.277. The van der Waals surface area contributed by atoms with Crippen LogP contribution in [0.2, 0.25) is 0 Å². The third-order valence-electron chi connectivity index (χ3n) is 2.71. The van der Waals surface area contributed by atoms with E-state index in [-0.39, 0.29) is 5.82 Å². The number of halogens is 2. The zero-order chi connectivity index (χ0) is 12.4. The maximum absolute atomic E-state index is 13.0. The second kappa shape index (κ2) is 5.14. The van der Waals surface area contributed by atoms with Crippen LogP contribution >= 0.6 is 22.6 Å². The Bertz CT molecular complexity index is 522. The Morgan fingerprint density at radius 2 is 1.76 bits per heavy atom. The van der Waals surface area contributed by atoms with Crippen LogP contribution in [-0.4, -0.2) is 5.11 Å². The lowest BCUT2D eigenvalue weighted by atomic mass is 9.97. The Kier molecular flexibility index (Phi) is 3.79. The van der Waals surface area contributed by atoms with Crippen molar-refractivity contribution in [1.29, 1.82) is 0 Å². The van der Waals surface area contributed by atoms with Gasteiger partial charge in [-0.2, -0.15) is 0 Å². The number of aryl methyl sites for hydroxylation is 1. The molecule has 88 valence electrons. The fourth-order valence-corrected chi connectivity index (χ4v) is 2.13. The van der Waals surface area contributed by atoms with E-state index in [1.54, 1.807) is 13.0 Å². The van der Waals surface area contributed by atoms with Crippen molar-refractivity contribution in [2.45, 2.75) is 13.0 Å². The van der Waals surface area contributed by atoms with Crippen LogP contribution in [0.1, 0.15) is 22.8 Å². The first-order valence-corrected chi connectivity index (χ1v) is 6.35. The summed E-state index contributed by atoms with van der Waals surface area (Å²) in [6.07, 6.45) is -0.701. The van der Waals surface area contributed by atoms with Gasteiger partial charge >= 0.3 is 0 Å². The summed E-state index contributed by atoms with van der Waals surface area (Å²) in [6, 6.07) is 12.1. The lowest BCUT2D eigenvalue weighted by molar-refractivity contribution is 0.219. The molecule has 2 aromatic carbocycles. The van der Waals surface area contributed by atoms with Crippen LogP contribution in [0, 0.1) is 16.3 Å². The number of aliphatic hydroxyl groups is 1. The molecule has 0 saturated heterocycles. The fourth-order valence-electron chi connectivity index (χ4n) is 1.77. The molecule has 1 unspecified atom stereocenters. The highest BCUT2D eigenvalue weighted by molar-refractivity contribution is 14.1. The highest BCUT2D eigenvalue weighted by Crippen LogP contribution is 2.25. The molecule has 1 atom stereocenters. The van der Waals surface area contributed by atoms with E-state index in [1.807, 2.05) is 24.3 Å². The van der Waals surface area contributed by atoms with Crippen molar-refractivity contribution in [2.24, 2.45) is 0 Å². The SMILES string of the molecule is Cc1cc(F)ccc1C(O)c1ccc(I)cc1. The zero-order valence-corrected chi connectivity index (χ0v) is 11.5. The van der Waals surface area contributed by atoms with E-state index >= 15 is 0 Å². The zero-order valence-electron chi connectivity index (χ0n) is 9.32. The number of benzene rings is 2. The van der Waals surface area contributed by atoms with Crippen molar-refractivity contribution in [2.75, 3.05) is 0 Å². The summed E-state index contributed by atoms with van der Waals surface area (Å²) in [5, 5.41) is 10.2. The molecular weight excluding hydrogens is 330 g/mol. The summed E-state index contributed by atoms with van der Waals surface area (Å²) in [5.41, 5.74) is 2.32. The largest absolute Gasteiger partial charge is 0.384 e. The molecule has 3 heteroatoms. The molecule has 2 aromatic rings. The molecule has 0 aliphatic rings. The van der Waals surface area contributed by atoms with Gasteiger partial charge in [0.05, 0.1) is 0 Å². The van der Waals surface area contributed by atoms with Gasteiger partial charge in [-0.15, -0.1) is 0 Å². The molecule has 1 N–H and O–H groups in total. The van der Waals surface area contributed by atoms with Crippen molar-refractivity contribution in [1.82, 2.24) is 0 Å². The van der Waals surface area contributed by atoms with Gasteiger partial charge in [0.1, 0.15) is 11.9 Å². The van der Waals surface area contributed by atoms with Crippen molar-refractivity contribution >= 4 is 22.6 Å². The molecule has 2 rings (SSSR count). The molecule has 0 amide bonds. The summed E-state index contributed by atoms with van der Waals surface area (Å²) in [5.74, 6) is -0.277. The van der Waals surface area contributed by atoms with Gasteiger partial charge in [-0.05, 0) is 70.5 Å². The summed E-state index contributed by atoms with van der Waals surface area (Å²) >= 11 is 2.21. The Balaban J connectivity index is 2.36. The van der Waals surface area contributed by atoms with Crippen molar-refractivity contribution < 1.29 is 9.50 Å². The molecule has 0 bridgehead atoms. The molecule has 0 aliphatic heterocycles. The third kappa shape index (κ3) is 2.84. The average molecular weight is 342 g/mol. The van der Waals surface area contributed by atoms with Crippen LogP contribution < -0.4 is 0 Å². The van der Waals surface area contributed by atoms with Gasteiger partial charge in [-0.25, -0.2) is 4.39 Å². The number of hydrogen-bond acceptors (Lipinski definition) is 1. The van der Waals surface area contributed by atoms with Gasteiger partial charge in [0.15, 0.2) is 0 Å². The monoisotopic (exact) mass is 342 g/mol. The minimum Gasteiger partial charge on any atom is -0.384 e. The molecule has 0 fully saturated rings. The summed E-state index contributed by atoms with van der Waals surface area (Å²) in [6.45, 7) is 1.80. The first-order chi connectivity index (χ1) is 8.08. The lowest BCUT2D eigenvalue weighted by Gasteiger charge is -2.14. The van der Waals surface area contributed by atoms with E-state index in [0.717, 1.165) is 20.3 Å². The Morgan fingerprint density at radius 3 is 2.35 bits per heavy atom. The highest BCUT2D eigenvalue weighted by Gasteiger charge is 2.12. The van der Waals surface area contributed by atoms with Crippen LogP contribution in [-0.2, 0) is 0 Å². The molecule has 0 aliphatic carbocycles. The van der Waals surface area contributed by atoms with Crippen LogP contribution in [0.3, 0.4) is 0 Å². The average Bonchev–Trinajstić information content (AvgIpc) is 2.29. The first kappa shape index (κ1) is 12.5. The topological polar surface area (TPSA) is 20.2 Å². The van der Waals surface area contributed by atoms with Gasteiger partial charge in [-0.1, -0.05) is 18.2 Å². The van der Waals surface area contributed by atoms with Crippen molar-refractivity contribution in [3.05, 3.63) is 68.5 Å². The number of aliphatic hydroxyl groups excluding tert-OH is 1. The Hall–Kier alpha value is -0.940. The molecular formula is C14H12FIO. The normalized spacial score (nSPS) is 12.5. The Morgan fingerprint density at radius 1 is 1.12 bits per heavy atom. The van der Waals surface area contributed by atoms with Crippen LogP contribution in [0.25, 0.3) is 0 Å². The molecule has 1 nitrogen and oxygen atoms in total. The molecule has 0 heterocycles. The highest BCUT2D eigenvalue weighted by atomic mass is 127. The Labute approximate surface area is 113 Å². The van der Waals surface area contributed by atoms with E-state index in [2.05, 4.69) is 22.6 Å². The van der Waals surface area contributed by atoms with E-state index in [4.69, 9.17) is 0 Å². The predicted molar refractivity (Wildman–Crippen MR) is 74.4 cm³/mol. The van der Waals surface area contributed by atoms with Crippen LogP contribution in [0.4, 0.5) is 4.39 Å². The molecule has 0 saturated carbocycles. The standard InChI is InChI=1S/C14H12FIO/c1-9-8-11(15)4-7-13(9)14(17)10-2-5-12(16)6-3-10/h2-8,14,17H,1H3.